The number of halogens is 1. The van der Waals surface area contributed by atoms with Gasteiger partial charge in [0.2, 0.25) is 0 Å². The van der Waals surface area contributed by atoms with Crippen molar-refractivity contribution in [1.29, 1.82) is 0 Å². The number of rotatable bonds is 3. The number of aryl methyl sites for hydroxylation is 1. The molecule has 1 aromatic heterocycles. The Morgan fingerprint density at radius 2 is 2.25 bits per heavy atom. The van der Waals surface area contributed by atoms with Crippen LogP contribution in [-0.4, -0.2) is 47.3 Å². The molecule has 0 spiro atoms. The molecular weight excluding hydrogens is 317 g/mol. The van der Waals surface area contributed by atoms with Gasteiger partial charge in [-0.25, -0.2) is 4.39 Å². The van der Waals surface area contributed by atoms with Crippen molar-refractivity contribution in [1.82, 2.24) is 15.0 Å². The quantitative estimate of drug-likeness (QED) is 0.855. The zero-order valence-electron chi connectivity index (χ0n) is 13.7. The maximum Gasteiger partial charge on any atom is 0.254 e. The van der Waals surface area contributed by atoms with Gasteiger partial charge in [-0.15, -0.1) is 0 Å². The molecule has 1 saturated heterocycles. The minimum atomic E-state index is -0.588. The minimum Gasteiger partial charge on any atom is -0.494 e. The van der Waals surface area contributed by atoms with Gasteiger partial charge in [0, 0.05) is 12.1 Å². The molecule has 1 amide bonds. The van der Waals surface area contributed by atoms with Crippen LogP contribution >= 0.6 is 0 Å². The molecule has 1 aliphatic heterocycles. The maximum absolute atomic E-state index is 13.9. The topological polar surface area (TPSA) is 77.7 Å². The summed E-state index contributed by atoms with van der Waals surface area (Å²) in [6.45, 7) is 4.27. The molecule has 0 unspecified atom stereocenters. The third-order valence-electron chi connectivity index (χ3n) is 3.95. The van der Waals surface area contributed by atoms with E-state index in [1.165, 1.54) is 19.2 Å². The summed E-state index contributed by atoms with van der Waals surface area (Å²) < 4.78 is 29.6. The average Bonchev–Trinajstić information content (AvgIpc) is 2.99. The van der Waals surface area contributed by atoms with E-state index in [0.29, 0.717) is 24.9 Å². The first-order chi connectivity index (χ1) is 11.5. The highest BCUT2D eigenvalue weighted by molar-refractivity contribution is 5.94. The molecule has 1 aromatic carbocycles. The summed E-state index contributed by atoms with van der Waals surface area (Å²) in [7, 11) is 1.37. The van der Waals surface area contributed by atoms with E-state index in [0.717, 1.165) is 6.07 Å². The lowest BCUT2D eigenvalue weighted by atomic mass is 10.1. The summed E-state index contributed by atoms with van der Waals surface area (Å²) in [6, 6.07) is 3.61. The predicted molar refractivity (Wildman–Crippen MR) is 81.2 cm³/mol. The Bertz CT molecular complexity index is 749. The molecule has 1 fully saturated rings. The van der Waals surface area contributed by atoms with Crippen molar-refractivity contribution >= 4 is 5.91 Å². The lowest BCUT2D eigenvalue weighted by Crippen LogP contribution is -2.47. The van der Waals surface area contributed by atoms with Crippen LogP contribution in [0.5, 0.6) is 5.75 Å². The number of morpholine rings is 1. The number of aromatic nitrogens is 2. The number of nitrogens with zero attached hydrogens (tertiary/aromatic N) is 3. The summed E-state index contributed by atoms with van der Waals surface area (Å²) >= 11 is 0. The Kier molecular flexibility index (Phi) is 4.48. The van der Waals surface area contributed by atoms with Crippen molar-refractivity contribution in [3.63, 3.8) is 0 Å². The minimum absolute atomic E-state index is 0.0889. The van der Waals surface area contributed by atoms with Crippen molar-refractivity contribution in [2.45, 2.75) is 26.0 Å². The van der Waals surface area contributed by atoms with Crippen LogP contribution in [0, 0.1) is 12.7 Å². The molecule has 0 bridgehead atoms. The highest BCUT2D eigenvalue weighted by Gasteiger charge is 2.38. The van der Waals surface area contributed by atoms with E-state index in [-0.39, 0.29) is 23.3 Å². The number of carbonyl (C=O) groups is 1. The van der Waals surface area contributed by atoms with E-state index in [1.807, 2.05) is 6.92 Å². The molecule has 0 radical (unpaired) electrons. The van der Waals surface area contributed by atoms with Gasteiger partial charge in [0.15, 0.2) is 17.4 Å². The van der Waals surface area contributed by atoms with Crippen molar-refractivity contribution in [2.75, 3.05) is 20.3 Å². The number of hydrogen-bond donors (Lipinski definition) is 0. The van der Waals surface area contributed by atoms with Crippen LogP contribution in [0.3, 0.4) is 0 Å². The molecule has 1 aliphatic rings. The molecule has 0 N–H and O–H groups in total. The fourth-order valence-corrected chi connectivity index (χ4v) is 2.78. The molecule has 0 aliphatic carbocycles. The second-order valence-electron chi connectivity index (χ2n) is 5.55. The average molecular weight is 335 g/mol. The zero-order chi connectivity index (χ0) is 17.3. The first-order valence-electron chi connectivity index (χ1n) is 7.57. The van der Waals surface area contributed by atoms with Crippen LogP contribution in [0.15, 0.2) is 22.7 Å². The Balaban J connectivity index is 1.92. The highest BCUT2D eigenvalue weighted by atomic mass is 19.1. The van der Waals surface area contributed by atoms with Crippen molar-refractivity contribution < 1.29 is 23.2 Å². The molecule has 7 nitrogen and oxygen atoms in total. The normalized spacial score (nSPS) is 20.9. The Morgan fingerprint density at radius 3 is 2.88 bits per heavy atom. The van der Waals surface area contributed by atoms with Gasteiger partial charge in [-0.1, -0.05) is 5.16 Å². The largest absolute Gasteiger partial charge is 0.494 e. The van der Waals surface area contributed by atoms with Crippen LogP contribution in [0.4, 0.5) is 4.39 Å². The van der Waals surface area contributed by atoms with Crippen LogP contribution in [0.2, 0.25) is 0 Å². The van der Waals surface area contributed by atoms with Gasteiger partial charge < -0.3 is 18.9 Å². The van der Waals surface area contributed by atoms with Crippen molar-refractivity contribution in [3.05, 3.63) is 41.3 Å². The Hall–Kier alpha value is -2.48. The fraction of sp³-hybridized carbons (Fsp3) is 0.438. The molecule has 3 rings (SSSR count). The lowest BCUT2D eigenvalue weighted by Gasteiger charge is -2.37. The molecule has 0 saturated carbocycles. The second-order valence-corrected chi connectivity index (χ2v) is 5.55. The van der Waals surface area contributed by atoms with E-state index in [2.05, 4.69) is 10.1 Å². The van der Waals surface area contributed by atoms with E-state index >= 15 is 0 Å². The van der Waals surface area contributed by atoms with Gasteiger partial charge in [-0.3, -0.25) is 4.79 Å². The number of hydrogen-bond acceptors (Lipinski definition) is 6. The fourth-order valence-electron chi connectivity index (χ4n) is 2.78. The van der Waals surface area contributed by atoms with E-state index in [4.69, 9.17) is 14.0 Å². The third kappa shape index (κ3) is 2.96. The van der Waals surface area contributed by atoms with E-state index in [9.17, 15) is 9.18 Å². The number of methoxy groups -OCH3 is 1. The Morgan fingerprint density at radius 1 is 1.46 bits per heavy atom. The predicted octanol–water partition coefficient (Wildman–Crippen LogP) is 2.13. The van der Waals surface area contributed by atoms with Gasteiger partial charge in [0.25, 0.3) is 11.8 Å². The third-order valence-corrected chi connectivity index (χ3v) is 3.95. The van der Waals surface area contributed by atoms with Gasteiger partial charge >= 0.3 is 0 Å². The smallest absolute Gasteiger partial charge is 0.254 e. The molecule has 2 heterocycles. The number of benzene rings is 1. The molecule has 24 heavy (non-hydrogen) atoms. The molecular formula is C16H18FN3O4. The monoisotopic (exact) mass is 335 g/mol. The summed E-state index contributed by atoms with van der Waals surface area (Å²) in [5.74, 6) is -0.0407. The highest BCUT2D eigenvalue weighted by Crippen LogP contribution is 2.30. The number of carbonyl (C=O) groups excluding carboxylic acids is 1. The van der Waals surface area contributed by atoms with E-state index in [1.54, 1.807) is 11.8 Å². The Labute approximate surface area is 138 Å². The van der Waals surface area contributed by atoms with Gasteiger partial charge in [-0.05, 0) is 32.0 Å². The summed E-state index contributed by atoms with van der Waals surface area (Å²) in [6.07, 6.45) is -0.314. The van der Waals surface area contributed by atoms with Crippen molar-refractivity contribution in [2.24, 2.45) is 0 Å². The van der Waals surface area contributed by atoms with Gasteiger partial charge in [0.1, 0.15) is 6.04 Å². The maximum atomic E-state index is 13.9. The molecule has 8 heteroatoms. The first kappa shape index (κ1) is 16.4. The van der Waals surface area contributed by atoms with Gasteiger partial charge in [-0.2, -0.15) is 4.98 Å². The van der Waals surface area contributed by atoms with E-state index < -0.39 is 11.9 Å². The lowest BCUT2D eigenvalue weighted by molar-refractivity contribution is -0.0600. The summed E-state index contributed by atoms with van der Waals surface area (Å²) in [5.41, 5.74) is 0.226. The first-order valence-corrected chi connectivity index (χ1v) is 7.57. The van der Waals surface area contributed by atoms with Gasteiger partial charge in [0.05, 0.1) is 19.8 Å². The van der Waals surface area contributed by atoms with Crippen molar-refractivity contribution in [3.8, 4) is 5.75 Å². The zero-order valence-corrected chi connectivity index (χ0v) is 13.7. The van der Waals surface area contributed by atoms with Crippen LogP contribution in [0.25, 0.3) is 0 Å². The molecule has 128 valence electrons. The number of ether oxygens (including phenoxy) is 2. The summed E-state index contributed by atoms with van der Waals surface area (Å²) in [5, 5.41) is 3.77. The molecule has 2 aromatic rings. The van der Waals surface area contributed by atoms with Crippen LogP contribution < -0.4 is 4.74 Å². The molecule has 2 atom stereocenters. The van der Waals surface area contributed by atoms with Crippen LogP contribution in [-0.2, 0) is 4.74 Å². The number of amides is 1. The SMILES string of the molecule is COc1ccc(C(=O)N2CCO[C@H](C)[C@H]2c2nc(C)no2)cc1F. The van der Waals surface area contributed by atoms with Crippen LogP contribution in [0.1, 0.15) is 35.0 Å². The standard InChI is InChI=1S/C16H18FN3O4/c1-9-14(15-18-10(2)19-24-15)20(6-7-23-9)16(21)11-4-5-13(22-3)12(17)8-11/h4-5,8-9,14H,6-7H2,1-3H3/t9-,14+/m1/s1. The second kappa shape index (κ2) is 6.56. The summed E-state index contributed by atoms with van der Waals surface area (Å²) in [4.78, 5) is 18.6.